The van der Waals surface area contributed by atoms with E-state index in [1.165, 1.54) is 0 Å². The highest BCUT2D eigenvalue weighted by Crippen LogP contribution is 2.31. The number of carboxylic acids is 1. The van der Waals surface area contributed by atoms with Crippen LogP contribution in [0.5, 0.6) is 0 Å². The normalized spacial score (nSPS) is 17.6. The van der Waals surface area contributed by atoms with Crippen LogP contribution >= 0.6 is 0 Å². The van der Waals surface area contributed by atoms with Gasteiger partial charge in [0.05, 0.1) is 12.0 Å². The van der Waals surface area contributed by atoms with Gasteiger partial charge in [-0.15, -0.1) is 0 Å². The van der Waals surface area contributed by atoms with E-state index in [9.17, 15) is 14.7 Å². The zero-order valence-corrected chi connectivity index (χ0v) is 12.6. The zero-order valence-electron chi connectivity index (χ0n) is 12.6. The van der Waals surface area contributed by atoms with Gasteiger partial charge in [-0.25, -0.2) is 9.78 Å². The highest BCUT2D eigenvalue weighted by molar-refractivity contribution is 5.76. The van der Waals surface area contributed by atoms with Crippen molar-refractivity contribution in [1.82, 2.24) is 25.0 Å². The fourth-order valence-electron chi connectivity index (χ4n) is 2.39. The molecule has 0 unspecified atom stereocenters. The Morgan fingerprint density at radius 2 is 2.05 bits per heavy atom. The predicted molar refractivity (Wildman–Crippen MR) is 74.5 cm³/mol. The lowest BCUT2D eigenvalue weighted by Crippen LogP contribution is -2.49. The average molecular weight is 295 g/mol. The van der Waals surface area contributed by atoms with Crippen LogP contribution < -0.4 is 0 Å². The van der Waals surface area contributed by atoms with Crippen molar-refractivity contribution in [1.29, 1.82) is 0 Å². The van der Waals surface area contributed by atoms with E-state index in [1.807, 2.05) is 0 Å². The molecule has 0 bridgehead atoms. The van der Waals surface area contributed by atoms with Crippen molar-refractivity contribution in [3.8, 4) is 0 Å². The molecular weight excluding hydrogens is 274 g/mol. The molecule has 0 spiro atoms. The van der Waals surface area contributed by atoms with Gasteiger partial charge in [-0.1, -0.05) is 0 Å². The highest BCUT2D eigenvalue weighted by atomic mass is 16.4. The van der Waals surface area contributed by atoms with Crippen molar-refractivity contribution in [3.05, 3.63) is 11.6 Å². The lowest BCUT2D eigenvalue weighted by molar-refractivity contribution is -0.150. The third-order valence-electron chi connectivity index (χ3n) is 4.00. The first-order valence-corrected chi connectivity index (χ1v) is 6.93. The number of aromatic nitrogens is 3. The SMILES string of the molecule is Cc1nc(CN(C)C(=O)N2CCC(C)(C(=O)O)CC2)n[nH]1. The first-order chi connectivity index (χ1) is 9.82. The molecule has 2 rings (SSSR count). The second-order valence-corrected chi connectivity index (χ2v) is 5.83. The minimum atomic E-state index is -0.792. The molecule has 1 aromatic rings. The van der Waals surface area contributed by atoms with E-state index < -0.39 is 11.4 Å². The van der Waals surface area contributed by atoms with Crippen molar-refractivity contribution in [3.63, 3.8) is 0 Å². The summed E-state index contributed by atoms with van der Waals surface area (Å²) in [6, 6.07) is -0.120. The molecule has 0 aliphatic carbocycles. The molecule has 1 aromatic heterocycles. The fourth-order valence-corrected chi connectivity index (χ4v) is 2.39. The third kappa shape index (κ3) is 3.32. The summed E-state index contributed by atoms with van der Waals surface area (Å²) in [5.41, 5.74) is -0.726. The van der Waals surface area contributed by atoms with Gasteiger partial charge < -0.3 is 14.9 Å². The molecule has 2 heterocycles. The van der Waals surface area contributed by atoms with E-state index in [0.717, 1.165) is 0 Å². The number of H-pyrrole nitrogens is 1. The smallest absolute Gasteiger partial charge is 0.320 e. The first kappa shape index (κ1) is 15.3. The minimum absolute atomic E-state index is 0.120. The van der Waals surface area contributed by atoms with Gasteiger partial charge in [0, 0.05) is 20.1 Å². The molecule has 1 aliphatic heterocycles. The Morgan fingerprint density at radius 1 is 1.43 bits per heavy atom. The Balaban J connectivity index is 1.91. The molecule has 116 valence electrons. The van der Waals surface area contributed by atoms with Crippen LogP contribution in [0.4, 0.5) is 4.79 Å². The molecule has 0 radical (unpaired) electrons. The Hall–Kier alpha value is -2.12. The number of nitrogens with one attached hydrogen (secondary N) is 1. The minimum Gasteiger partial charge on any atom is -0.481 e. The maximum Gasteiger partial charge on any atom is 0.320 e. The summed E-state index contributed by atoms with van der Waals surface area (Å²) < 4.78 is 0. The Kier molecular flexibility index (Phi) is 4.15. The lowest BCUT2D eigenvalue weighted by Gasteiger charge is -2.37. The van der Waals surface area contributed by atoms with Crippen LogP contribution in [0.1, 0.15) is 31.4 Å². The summed E-state index contributed by atoms with van der Waals surface area (Å²) in [6.07, 6.45) is 0.948. The quantitative estimate of drug-likeness (QED) is 0.860. The van der Waals surface area contributed by atoms with E-state index in [1.54, 1.807) is 30.7 Å². The van der Waals surface area contributed by atoms with Gasteiger partial charge in [0.25, 0.3) is 0 Å². The van der Waals surface area contributed by atoms with Gasteiger partial charge in [-0.3, -0.25) is 9.89 Å². The van der Waals surface area contributed by atoms with E-state index in [4.69, 9.17) is 0 Å². The number of hydrogen-bond acceptors (Lipinski definition) is 4. The molecule has 1 aliphatic rings. The number of nitrogens with zero attached hydrogens (tertiary/aromatic N) is 4. The molecule has 0 saturated carbocycles. The highest BCUT2D eigenvalue weighted by Gasteiger charge is 2.38. The van der Waals surface area contributed by atoms with Gasteiger partial charge in [0.15, 0.2) is 5.82 Å². The van der Waals surface area contributed by atoms with Gasteiger partial charge in [-0.05, 0) is 26.7 Å². The van der Waals surface area contributed by atoms with Gasteiger partial charge in [-0.2, -0.15) is 5.10 Å². The Morgan fingerprint density at radius 3 is 2.52 bits per heavy atom. The monoisotopic (exact) mass is 295 g/mol. The van der Waals surface area contributed by atoms with Crippen molar-refractivity contribution in [2.75, 3.05) is 20.1 Å². The van der Waals surface area contributed by atoms with E-state index in [-0.39, 0.29) is 6.03 Å². The summed E-state index contributed by atoms with van der Waals surface area (Å²) >= 11 is 0. The van der Waals surface area contributed by atoms with Crippen LogP contribution in [0.15, 0.2) is 0 Å². The van der Waals surface area contributed by atoms with Crippen LogP contribution in [0.2, 0.25) is 0 Å². The Labute approximate surface area is 123 Å². The summed E-state index contributed by atoms with van der Waals surface area (Å²) in [4.78, 5) is 30.9. The predicted octanol–water partition coefficient (Wildman–Crippen LogP) is 0.852. The summed E-state index contributed by atoms with van der Waals surface area (Å²) in [6.45, 7) is 4.78. The third-order valence-corrected chi connectivity index (χ3v) is 4.00. The van der Waals surface area contributed by atoms with Crippen molar-refractivity contribution < 1.29 is 14.7 Å². The lowest BCUT2D eigenvalue weighted by atomic mass is 9.80. The number of likely N-dealkylation sites (tertiary alicyclic amines) is 1. The van der Waals surface area contributed by atoms with E-state index in [2.05, 4.69) is 15.2 Å². The molecule has 1 saturated heterocycles. The van der Waals surface area contributed by atoms with E-state index >= 15 is 0 Å². The maximum atomic E-state index is 12.3. The van der Waals surface area contributed by atoms with Crippen LogP contribution in [0.25, 0.3) is 0 Å². The molecule has 1 fully saturated rings. The maximum absolute atomic E-state index is 12.3. The summed E-state index contributed by atoms with van der Waals surface area (Å²) in [5.74, 6) is 0.482. The van der Waals surface area contributed by atoms with Crippen LogP contribution in [-0.2, 0) is 11.3 Å². The van der Waals surface area contributed by atoms with Crippen molar-refractivity contribution in [2.45, 2.75) is 33.2 Å². The number of urea groups is 1. The van der Waals surface area contributed by atoms with Gasteiger partial charge in [0.1, 0.15) is 5.82 Å². The van der Waals surface area contributed by atoms with E-state index in [0.29, 0.717) is 44.1 Å². The Bertz CT molecular complexity index is 534. The largest absolute Gasteiger partial charge is 0.481 e. The molecule has 8 nitrogen and oxygen atoms in total. The second kappa shape index (κ2) is 5.71. The molecule has 8 heteroatoms. The van der Waals surface area contributed by atoms with Gasteiger partial charge in [0.2, 0.25) is 0 Å². The number of aliphatic carboxylic acids is 1. The molecule has 2 N–H and O–H groups in total. The topological polar surface area (TPSA) is 102 Å². The number of aromatic amines is 1. The fraction of sp³-hybridized carbons (Fsp3) is 0.692. The standard InChI is InChI=1S/C13H21N5O3/c1-9-14-10(16-15-9)8-17(3)12(21)18-6-4-13(2,5-7-18)11(19)20/h4-8H2,1-3H3,(H,19,20)(H,14,15,16). The summed E-state index contributed by atoms with van der Waals surface area (Å²) in [5, 5.41) is 15.9. The summed E-state index contributed by atoms with van der Waals surface area (Å²) in [7, 11) is 1.69. The number of piperidine rings is 1. The number of amides is 2. The number of carbonyl (C=O) groups excluding carboxylic acids is 1. The van der Waals surface area contributed by atoms with Crippen molar-refractivity contribution >= 4 is 12.0 Å². The molecular formula is C13H21N5O3. The van der Waals surface area contributed by atoms with Crippen LogP contribution in [0.3, 0.4) is 0 Å². The number of hydrogen-bond donors (Lipinski definition) is 2. The number of aryl methyl sites for hydroxylation is 1. The molecule has 2 amide bonds. The second-order valence-electron chi connectivity index (χ2n) is 5.83. The number of rotatable bonds is 3. The molecule has 21 heavy (non-hydrogen) atoms. The molecule has 0 aromatic carbocycles. The van der Waals surface area contributed by atoms with Crippen LogP contribution in [-0.4, -0.2) is 62.2 Å². The van der Waals surface area contributed by atoms with Crippen molar-refractivity contribution in [2.24, 2.45) is 5.41 Å². The average Bonchev–Trinajstić information content (AvgIpc) is 2.84. The number of carbonyl (C=O) groups is 2. The molecule has 0 atom stereocenters. The van der Waals surface area contributed by atoms with Crippen LogP contribution in [0, 0.1) is 12.3 Å². The zero-order chi connectivity index (χ0) is 15.6. The van der Waals surface area contributed by atoms with Gasteiger partial charge >= 0.3 is 12.0 Å². The number of carboxylic acid groups (broad SMARTS) is 1. The first-order valence-electron chi connectivity index (χ1n) is 6.93.